The van der Waals surface area contributed by atoms with Crippen molar-refractivity contribution >= 4 is 5.91 Å². The maximum absolute atomic E-state index is 13.1. The van der Waals surface area contributed by atoms with E-state index in [1.165, 1.54) is 12.1 Å². The van der Waals surface area contributed by atoms with E-state index in [0.29, 0.717) is 25.2 Å². The van der Waals surface area contributed by atoms with Crippen LogP contribution in [0.3, 0.4) is 0 Å². The van der Waals surface area contributed by atoms with E-state index in [9.17, 15) is 9.18 Å². The molecule has 0 aromatic heterocycles. The molecule has 4 nitrogen and oxygen atoms in total. The van der Waals surface area contributed by atoms with Gasteiger partial charge in [0.2, 0.25) is 0 Å². The molecule has 0 spiro atoms. The minimum Gasteiger partial charge on any atom is -0.367 e. The first-order chi connectivity index (χ1) is 11.6. The average molecular weight is 328 g/mol. The summed E-state index contributed by atoms with van der Waals surface area (Å²) in [6.45, 7) is 3.38. The number of carbonyl (C=O) groups excluding carboxylic acids is 1. The van der Waals surface area contributed by atoms with Crippen molar-refractivity contribution < 1.29 is 13.9 Å². The van der Waals surface area contributed by atoms with Gasteiger partial charge in [0, 0.05) is 18.7 Å². The first kappa shape index (κ1) is 16.6. The van der Waals surface area contributed by atoms with Crippen molar-refractivity contribution in [2.75, 3.05) is 13.1 Å². The van der Waals surface area contributed by atoms with Crippen molar-refractivity contribution in [3.63, 3.8) is 0 Å². The van der Waals surface area contributed by atoms with Gasteiger partial charge in [-0.1, -0.05) is 24.3 Å². The average Bonchev–Trinajstić information content (AvgIpc) is 2.61. The lowest BCUT2D eigenvalue weighted by atomic mass is 10.0. The second kappa shape index (κ2) is 7.11. The zero-order chi connectivity index (χ0) is 17.1. The molecule has 0 aliphatic carbocycles. The summed E-state index contributed by atoms with van der Waals surface area (Å²) in [5, 5.41) is 0. The van der Waals surface area contributed by atoms with Crippen molar-refractivity contribution in [2.24, 2.45) is 5.73 Å². The lowest BCUT2D eigenvalue weighted by molar-refractivity contribution is -0.0691. The molecule has 24 heavy (non-hydrogen) atoms. The third-order valence-electron chi connectivity index (χ3n) is 4.23. The number of rotatable bonds is 3. The molecule has 5 heteroatoms. The summed E-state index contributed by atoms with van der Waals surface area (Å²) in [5.41, 5.74) is 8.10. The number of nitrogens with zero attached hydrogens (tertiary/aromatic N) is 1. The second-order valence-electron chi connectivity index (χ2n) is 6.10. The Hall–Kier alpha value is -2.24. The van der Waals surface area contributed by atoms with E-state index in [2.05, 4.69) is 0 Å². The van der Waals surface area contributed by atoms with Crippen LogP contribution >= 0.6 is 0 Å². The van der Waals surface area contributed by atoms with Crippen molar-refractivity contribution in [3.8, 4) is 0 Å². The highest BCUT2D eigenvalue weighted by Crippen LogP contribution is 2.26. The minimum atomic E-state index is -0.282. The van der Waals surface area contributed by atoms with Gasteiger partial charge in [0.25, 0.3) is 5.91 Å². The van der Waals surface area contributed by atoms with Crippen LogP contribution in [0.2, 0.25) is 0 Å². The molecule has 2 aromatic carbocycles. The monoisotopic (exact) mass is 328 g/mol. The number of ether oxygens (including phenoxy) is 1. The van der Waals surface area contributed by atoms with Gasteiger partial charge in [-0.3, -0.25) is 4.79 Å². The molecule has 126 valence electrons. The fourth-order valence-electron chi connectivity index (χ4n) is 2.94. The predicted molar refractivity (Wildman–Crippen MR) is 89.9 cm³/mol. The lowest BCUT2D eigenvalue weighted by Crippen LogP contribution is -2.46. The molecule has 2 aromatic rings. The number of hydrogen-bond donors (Lipinski definition) is 1. The smallest absolute Gasteiger partial charge is 0.254 e. The van der Waals surface area contributed by atoms with Crippen LogP contribution in [-0.2, 0) is 11.3 Å². The van der Waals surface area contributed by atoms with Crippen LogP contribution in [0.1, 0.15) is 34.5 Å². The van der Waals surface area contributed by atoms with Crippen LogP contribution in [-0.4, -0.2) is 30.0 Å². The molecule has 1 amide bonds. The Morgan fingerprint density at radius 3 is 2.46 bits per heavy atom. The SMILES string of the molecule is C[C@H]1CN(C(=O)c2ccc(CN)cc2)C[C@H](c2ccc(F)cc2)O1. The van der Waals surface area contributed by atoms with Gasteiger partial charge < -0.3 is 15.4 Å². The van der Waals surface area contributed by atoms with Gasteiger partial charge in [0.1, 0.15) is 11.9 Å². The first-order valence-electron chi connectivity index (χ1n) is 8.06. The standard InChI is InChI=1S/C19H21FN2O2/c1-13-11-22(19(23)16-4-2-14(10-21)3-5-16)12-18(24-13)15-6-8-17(20)9-7-15/h2-9,13,18H,10-12,21H2,1H3/t13-,18+/m0/s1. The zero-order valence-corrected chi connectivity index (χ0v) is 13.6. The Balaban J connectivity index is 1.76. The minimum absolute atomic E-state index is 0.0270. The zero-order valence-electron chi connectivity index (χ0n) is 13.6. The van der Waals surface area contributed by atoms with Gasteiger partial charge in [-0.25, -0.2) is 4.39 Å². The Bertz CT molecular complexity index is 700. The van der Waals surface area contributed by atoms with Crippen LogP contribution in [0, 0.1) is 5.82 Å². The molecule has 0 saturated carbocycles. The normalized spacial score (nSPS) is 20.9. The van der Waals surface area contributed by atoms with Gasteiger partial charge in [-0.2, -0.15) is 0 Å². The maximum atomic E-state index is 13.1. The van der Waals surface area contributed by atoms with E-state index < -0.39 is 0 Å². The summed E-state index contributed by atoms with van der Waals surface area (Å²) in [6.07, 6.45) is -0.331. The van der Waals surface area contributed by atoms with E-state index in [1.54, 1.807) is 29.2 Å². The highest BCUT2D eigenvalue weighted by molar-refractivity contribution is 5.94. The quantitative estimate of drug-likeness (QED) is 0.942. The molecule has 0 bridgehead atoms. The summed E-state index contributed by atoms with van der Waals surface area (Å²) < 4.78 is 19.0. The van der Waals surface area contributed by atoms with E-state index in [1.807, 2.05) is 19.1 Å². The summed E-state index contributed by atoms with van der Waals surface area (Å²) in [4.78, 5) is 14.5. The summed E-state index contributed by atoms with van der Waals surface area (Å²) in [5.74, 6) is -0.309. The van der Waals surface area contributed by atoms with E-state index in [0.717, 1.165) is 11.1 Å². The number of halogens is 1. The number of nitrogens with two attached hydrogens (primary N) is 1. The summed E-state index contributed by atoms with van der Waals surface area (Å²) in [7, 11) is 0. The number of hydrogen-bond acceptors (Lipinski definition) is 3. The lowest BCUT2D eigenvalue weighted by Gasteiger charge is -2.37. The number of benzene rings is 2. The molecule has 0 unspecified atom stereocenters. The van der Waals surface area contributed by atoms with Crippen LogP contribution in [0.15, 0.2) is 48.5 Å². The fraction of sp³-hybridized carbons (Fsp3) is 0.316. The molecule has 1 aliphatic rings. The Morgan fingerprint density at radius 2 is 1.83 bits per heavy atom. The molecule has 3 rings (SSSR count). The van der Waals surface area contributed by atoms with Crippen LogP contribution in [0.5, 0.6) is 0 Å². The molecule has 1 aliphatic heterocycles. The molecule has 1 saturated heterocycles. The first-order valence-corrected chi connectivity index (χ1v) is 8.06. The largest absolute Gasteiger partial charge is 0.367 e. The highest BCUT2D eigenvalue weighted by atomic mass is 19.1. The summed E-state index contributed by atoms with van der Waals surface area (Å²) >= 11 is 0. The topological polar surface area (TPSA) is 55.6 Å². The number of carbonyl (C=O) groups is 1. The van der Waals surface area contributed by atoms with Crippen LogP contribution in [0.4, 0.5) is 4.39 Å². The molecule has 2 atom stereocenters. The fourth-order valence-corrected chi connectivity index (χ4v) is 2.94. The van der Waals surface area contributed by atoms with Crippen LogP contribution in [0.25, 0.3) is 0 Å². The van der Waals surface area contributed by atoms with Crippen molar-refractivity contribution in [2.45, 2.75) is 25.7 Å². The molecule has 0 radical (unpaired) electrons. The second-order valence-corrected chi connectivity index (χ2v) is 6.10. The maximum Gasteiger partial charge on any atom is 0.254 e. The molecular weight excluding hydrogens is 307 g/mol. The number of amides is 1. The van der Waals surface area contributed by atoms with Crippen molar-refractivity contribution in [3.05, 3.63) is 71.0 Å². The molecule has 2 N–H and O–H groups in total. The summed E-state index contributed by atoms with van der Waals surface area (Å²) in [6, 6.07) is 13.6. The van der Waals surface area contributed by atoms with Crippen LogP contribution < -0.4 is 5.73 Å². The van der Waals surface area contributed by atoms with E-state index >= 15 is 0 Å². The van der Waals surface area contributed by atoms with Crippen molar-refractivity contribution in [1.29, 1.82) is 0 Å². The molecule has 1 fully saturated rings. The third kappa shape index (κ3) is 3.63. The van der Waals surface area contributed by atoms with Gasteiger partial charge >= 0.3 is 0 Å². The van der Waals surface area contributed by atoms with E-state index in [4.69, 9.17) is 10.5 Å². The molecule has 1 heterocycles. The van der Waals surface area contributed by atoms with Gasteiger partial charge in [0.05, 0.1) is 12.6 Å². The van der Waals surface area contributed by atoms with Gasteiger partial charge in [0.15, 0.2) is 0 Å². The van der Waals surface area contributed by atoms with Gasteiger partial charge in [-0.15, -0.1) is 0 Å². The number of morpholine rings is 1. The molecular formula is C19H21FN2O2. The third-order valence-corrected chi connectivity index (χ3v) is 4.23. The Kier molecular flexibility index (Phi) is 4.92. The predicted octanol–water partition coefficient (Wildman–Crippen LogP) is 2.89. The Morgan fingerprint density at radius 1 is 1.17 bits per heavy atom. The highest BCUT2D eigenvalue weighted by Gasteiger charge is 2.29. The van der Waals surface area contributed by atoms with E-state index in [-0.39, 0.29) is 23.9 Å². The van der Waals surface area contributed by atoms with Gasteiger partial charge in [-0.05, 0) is 42.3 Å². The van der Waals surface area contributed by atoms with Crippen molar-refractivity contribution in [1.82, 2.24) is 4.90 Å². The Labute approximate surface area is 141 Å².